The molecule has 17 heavy (non-hydrogen) atoms. The highest BCUT2D eigenvalue weighted by molar-refractivity contribution is 7.80. The maximum atomic E-state index is 11.5. The summed E-state index contributed by atoms with van der Waals surface area (Å²) in [6.45, 7) is 1.19. The minimum atomic E-state index is -0.0375. The van der Waals surface area contributed by atoms with Gasteiger partial charge in [0, 0.05) is 11.4 Å². The monoisotopic (exact) mass is 255 g/mol. The second-order valence-corrected chi connectivity index (χ2v) is 4.05. The molecule has 4 nitrogen and oxygen atoms in total. The van der Waals surface area contributed by atoms with Gasteiger partial charge in [-0.2, -0.15) is 0 Å². The van der Waals surface area contributed by atoms with Crippen molar-refractivity contribution in [3.05, 3.63) is 29.8 Å². The summed E-state index contributed by atoms with van der Waals surface area (Å²) >= 11 is 4.17. The standard InChI is InChI=1S/C12H17NO3S/c14-6-8-16-7-5-13-12(15)9-10-1-3-11(17)4-2-10/h1-4,14,17H,5-9H2,(H,13,15). The van der Waals surface area contributed by atoms with Gasteiger partial charge in [-0.3, -0.25) is 4.79 Å². The van der Waals surface area contributed by atoms with E-state index in [4.69, 9.17) is 9.84 Å². The van der Waals surface area contributed by atoms with Crippen LogP contribution in [-0.2, 0) is 16.0 Å². The number of nitrogens with one attached hydrogen (secondary N) is 1. The summed E-state index contributed by atoms with van der Waals surface area (Å²) in [5.41, 5.74) is 0.955. The Bertz CT molecular complexity index is 340. The van der Waals surface area contributed by atoms with E-state index in [0.29, 0.717) is 26.2 Å². The van der Waals surface area contributed by atoms with Crippen LogP contribution in [0.5, 0.6) is 0 Å². The van der Waals surface area contributed by atoms with Crippen LogP contribution in [0.2, 0.25) is 0 Å². The lowest BCUT2D eigenvalue weighted by molar-refractivity contribution is -0.120. The van der Waals surface area contributed by atoms with Crippen molar-refractivity contribution in [2.75, 3.05) is 26.4 Å². The average molecular weight is 255 g/mol. The summed E-state index contributed by atoms with van der Waals surface area (Å²) in [5, 5.41) is 11.2. The molecule has 0 radical (unpaired) electrons. The first-order valence-electron chi connectivity index (χ1n) is 5.45. The number of carbonyl (C=O) groups excluding carboxylic acids is 1. The van der Waals surface area contributed by atoms with E-state index >= 15 is 0 Å². The lowest BCUT2D eigenvalue weighted by Crippen LogP contribution is -2.28. The molecule has 1 aromatic carbocycles. The van der Waals surface area contributed by atoms with E-state index in [2.05, 4.69) is 17.9 Å². The number of benzene rings is 1. The van der Waals surface area contributed by atoms with Gasteiger partial charge in [0.05, 0.1) is 26.2 Å². The molecule has 1 rings (SSSR count). The van der Waals surface area contributed by atoms with Gasteiger partial charge in [0.2, 0.25) is 5.91 Å². The quantitative estimate of drug-likeness (QED) is 0.495. The maximum Gasteiger partial charge on any atom is 0.224 e. The molecule has 0 aliphatic rings. The van der Waals surface area contributed by atoms with Crippen LogP contribution in [0.1, 0.15) is 5.56 Å². The summed E-state index contributed by atoms with van der Waals surface area (Å²) in [7, 11) is 0. The number of rotatable bonds is 7. The molecule has 94 valence electrons. The minimum absolute atomic E-state index is 0.00399. The molecule has 0 atom stereocenters. The summed E-state index contributed by atoms with van der Waals surface area (Å²) in [5.74, 6) is -0.0375. The Balaban J connectivity index is 2.18. The van der Waals surface area contributed by atoms with Gasteiger partial charge < -0.3 is 15.2 Å². The number of amides is 1. The van der Waals surface area contributed by atoms with Gasteiger partial charge in [0.15, 0.2) is 0 Å². The van der Waals surface area contributed by atoms with E-state index in [9.17, 15) is 4.79 Å². The van der Waals surface area contributed by atoms with Crippen LogP contribution < -0.4 is 5.32 Å². The second kappa shape index (κ2) is 8.11. The highest BCUT2D eigenvalue weighted by atomic mass is 32.1. The van der Waals surface area contributed by atoms with Crippen LogP contribution in [-0.4, -0.2) is 37.4 Å². The van der Waals surface area contributed by atoms with Crippen molar-refractivity contribution in [1.82, 2.24) is 5.32 Å². The smallest absolute Gasteiger partial charge is 0.224 e. The van der Waals surface area contributed by atoms with Crippen LogP contribution in [0.3, 0.4) is 0 Å². The second-order valence-electron chi connectivity index (χ2n) is 3.53. The molecule has 1 aromatic rings. The van der Waals surface area contributed by atoms with Gasteiger partial charge in [-0.05, 0) is 17.7 Å². The molecule has 1 amide bonds. The molecule has 0 aromatic heterocycles. The lowest BCUT2D eigenvalue weighted by Gasteiger charge is -2.05. The van der Waals surface area contributed by atoms with Gasteiger partial charge in [0.25, 0.3) is 0 Å². The largest absolute Gasteiger partial charge is 0.394 e. The van der Waals surface area contributed by atoms with Crippen LogP contribution in [0, 0.1) is 0 Å². The number of hydrogen-bond acceptors (Lipinski definition) is 4. The summed E-state index contributed by atoms with van der Waals surface area (Å²) in [4.78, 5) is 12.4. The first-order chi connectivity index (χ1) is 8.22. The van der Waals surface area contributed by atoms with E-state index in [-0.39, 0.29) is 12.5 Å². The zero-order chi connectivity index (χ0) is 12.5. The van der Waals surface area contributed by atoms with Crippen molar-refractivity contribution in [2.45, 2.75) is 11.3 Å². The van der Waals surface area contributed by atoms with E-state index < -0.39 is 0 Å². The Morgan fingerprint density at radius 2 is 2.00 bits per heavy atom. The first kappa shape index (κ1) is 14.0. The van der Waals surface area contributed by atoms with Crippen molar-refractivity contribution >= 4 is 18.5 Å². The molecule has 0 fully saturated rings. The molecule has 2 N–H and O–H groups in total. The van der Waals surface area contributed by atoms with Gasteiger partial charge in [-0.1, -0.05) is 12.1 Å². The minimum Gasteiger partial charge on any atom is -0.394 e. The molecular weight excluding hydrogens is 238 g/mol. The number of ether oxygens (including phenoxy) is 1. The van der Waals surface area contributed by atoms with Crippen molar-refractivity contribution in [3.63, 3.8) is 0 Å². The Kier molecular flexibility index (Phi) is 6.69. The number of aliphatic hydroxyl groups is 1. The molecule has 0 aliphatic carbocycles. The van der Waals surface area contributed by atoms with Crippen molar-refractivity contribution in [3.8, 4) is 0 Å². The fourth-order valence-corrected chi connectivity index (χ4v) is 1.44. The maximum absolute atomic E-state index is 11.5. The zero-order valence-corrected chi connectivity index (χ0v) is 10.5. The molecule has 0 aliphatic heterocycles. The topological polar surface area (TPSA) is 58.6 Å². The third kappa shape index (κ3) is 6.31. The lowest BCUT2D eigenvalue weighted by atomic mass is 10.1. The highest BCUT2D eigenvalue weighted by Gasteiger charge is 2.02. The van der Waals surface area contributed by atoms with E-state index in [1.165, 1.54) is 0 Å². The van der Waals surface area contributed by atoms with Crippen LogP contribution in [0.4, 0.5) is 0 Å². The van der Waals surface area contributed by atoms with E-state index in [1.54, 1.807) is 0 Å². The zero-order valence-electron chi connectivity index (χ0n) is 9.56. The third-order valence-electron chi connectivity index (χ3n) is 2.11. The Morgan fingerprint density at radius 3 is 2.65 bits per heavy atom. The molecule has 5 heteroatoms. The van der Waals surface area contributed by atoms with Gasteiger partial charge >= 0.3 is 0 Å². The van der Waals surface area contributed by atoms with Gasteiger partial charge in [0.1, 0.15) is 0 Å². The normalized spacial score (nSPS) is 10.2. The van der Waals surface area contributed by atoms with Crippen LogP contribution >= 0.6 is 12.6 Å². The van der Waals surface area contributed by atoms with Crippen molar-refractivity contribution < 1.29 is 14.6 Å². The number of thiol groups is 1. The van der Waals surface area contributed by atoms with E-state index in [1.807, 2.05) is 24.3 Å². The molecule has 0 saturated heterocycles. The Morgan fingerprint density at radius 1 is 1.29 bits per heavy atom. The first-order valence-corrected chi connectivity index (χ1v) is 5.90. The average Bonchev–Trinajstić information content (AvgIpc) is 2.32. The molecule has 0 heterocycles. The number of hydrogen-bond donors (Lipinski definition) is 3. The van der Waals surface area contributed by atoms with Gasteiger partial charge in [-0.25, -0.2) is 0 Å². The summed E-state index contributed by atoms with van der Waals surface area (Å²) in [6.07, 6.45) is 0.355. The third-order valence-corrected chi connectivity index (χ3v) is 2.40. The Hall–Kier alpha value is -1.04. The van der Waals surface area contributed by atoms with Crippen LogP contribution in [0.15, 0.2) is 29.2 Å². The highest BCUT2D eigenvalue weighted by Crippen LogP contribution is 2.07. The molecule has 0 unspecified atom stereocenters. The molecule has 0 saturated carbocycles. The van der Waals surface area contributed by atoms with Crippen LogP contribution in [0.25, 0.3) is 0 Å². The van der Waals surface area contributed by atoms with Gasteiger partial charge in [-0.15, -0.1) is 12.6 Å². The predicted octanol–water partition coefficient (Wildman–Crippen LogP) is 0.643. The number of carbonyl (C=O) groups is 1. The number of aliphatic hydroxyl groups excluding tert-OH is 1. The van der Waals surface area contributed by atoms with E-state index in [0.717, 1.165) is 10.5 Å². The molecule has 0 spiro atoms. The molecular formula is C12H17NO3S. The SMILES string of the molecule is O=C(Cc1ccc(S)cc1)NCCOCCO. The fraction of sp³-hybridized carbons (Fsp3) is 0.417. The summed E-state index contributed by atoms with van der Waals surface area (Å²) in [6, 6.07) is 7.47. The predicted molar refractivity (Wildman–Crippen MR) is 68.3 cm³/mol. The van der Waals surface area contributed by atoms with Crippen molar-refractivity contribution in [1.29, 1.82) is 0 Å². The Labute approximate surface area is 106 Å². The fourth-order valence-electron chi connectivity index (χ4n) is 1.29. The molecule has 0 bridgehead atoms. The summed E-state index contributed by atoms with van der Waals surface area (Å²) < 4.78 is 5.02. The van der Waals surface area contributed by atoms with Crippen molar-refractivity contribution in [2.24, 2.45) is 0 Å².